The molecule has 0 saturated carbocycles. The van der Waals surface area contributed by atoms with Crippen LogP contribution in [0.5, 0.6) is 0 Å². The minimum absolute atomic E-state index is 0.208. The molecule has 0 bridgehead atoms. The van der Waals surface area contributed by atoms with Crippen LogP contribution in [0.3, 0.4) is 0 Å². The number of hydrogen-bond donors (Lipinski definition) is 0. The molecule has 0 unspecified atom stereocenters. The summed E-state index contributed by atoms with van der Waals surface area (Å²) in [6, 6.07) is 1.31. The summed E-state index contributed by atoms with van der Waals surface area (Å²) in [5, 5.41) is 3.54. The molecule has 0 N–H and O–H groups in total. The summed E-state index contributed by atoms with van der Waals surface area (Å²) in [7, 11) is 1.66. The van der Waals surface area contributed by atoms with Crippen molar-refractivity contribution in [3.8, 4) is 0 Å². The number of rotatable bonds is 0. The van der Waals surface area contributed by atoms with Crippen molar-refractivity contribution in [2.24, 2.45) is 7.05 Å². The van der Waals surface area contributed by atoms with Gasteiger partial charge < -0.3 is 0 Å². The lowest BCUT2D eigenvalue weighted by atomic mass is 10.6. The van der Waals surface area contributed by atoms with Crippen LogP contribution in [-0.4, -0.2) is 9.78 Å². The zero-order chi connectivity index (χ0) is 6.85. The third kappa shape index (κ3) is 0.932. The highest BCUT2D eigenvalue weighted by atomic mass is 16.1. The first kappa shape index (κ1) is 3.83. The molecule has 0 atom stereocenters. The molecule has 0 saturated heterocycles. The van der Waals surface area contributed by atoms with Gasteiger partial charge in [0.05, 0.1) is 7.54 Å². The van der Waals surface area contributed by atoms with Crippen LogP contribution in [0.15, 0.2) is 23.2 Å². The lowest BCUT2D eigenvalue weighted by Crippen LogP contribution is -2.03. The van der Waals surface area contributed by atoms with E-state index in [-0.39, 0.29) is 11.6 Å². The van der Waals surface area contributed by atoms with Crippen molar-refractivity contribution in [2.45, 2.75) is 0 Å². The van der Waals surface area contributed by atoms with E-state index in [2.05, 4.69) is 5.10 Å². The van der Waals surface area contributed by atoms with Gasteiger partial charge in [0.1, 0.15) is 0 Å². The molecule has 1 rings (SSSR count). The molecule has 3 nitrogen and oxygen atoms in total. The molecule has 0 aliphatic rings. The van der Waals surface area contributed by atoms with Gasteiger partial charge in [0.15, 0.2) is 5.43 Å². The number of nitrogens with zero attached hydrogens (tertiary/aromatic N) is 2. The van der Waals surface area contributed by atoms with Crippen LogP contribution in [0.1, 0.15) is 1.37 Å². The van der Waals surface area contributed by atoms with E-state index in [0.717, 1.165) is 0 Å². The highest BCUT2D eigenvalue weighted by Gasteiger charge is 1.77. The number of aromatic nitrogens is 2. The Morgan fingerprint density at radius 2 is 2.75 bits per heavy atom. The largest absolute Gasteiger partial charge is 0.288 e. The summed E-state index contributed by atoms with van der Waals surface area (Å²) in [5.74, 6) is 0. The van der Waals surface area contributed by atoms with Crippen LogP contribution in [0, 0.1) is 0 Å². The molecule has 1 aromatic rings. The summed E-state index contributed by atoms with van der Waals surface area (Å²) in [5.41, 5.74) is -0.340. The van der Waals surface area contributed by atoms with E-state index >= 15 is 0 Å². The summed E-state index contributed by atoms with van der Waals surface area (Å²) in [6.45, 7) is 0. The topological polar surface area (TPSA) is 34.9 Å². The fraction of sp³-hybridized carbons (Fsp3) is 0.200. The molecule has 42 valence electrons. The Labute approximate surface area is 48.0 Å². The standard InChI is InChI=1S/C5H6N2O/c1-7-3-2-5(8)4-6-7/h2-4H,1H3/i4D. The van der Waals surface area contributed by atoms with Crippen LogP contribution in [0.25, 0.3) is 0 Å². The van der Waals surface area contributed by atoms with E-state index in [9.17, 15) is 4.79 Å². The second kappa shape index (κ2) is 1.78. The lowest BCUT2D eigenvalue weighted by molar-refractivity contribution is 0.734. The summed E-state index contributed by atoms with van der Waals surface area (Å²) in [4.78, 5) is 10.5. The lowest BCUT2D eigenvalue weighted by Gasteiger charge is -1.88. The van der Waals surface area contributed by atoms with Gasteiger partial charge in [-0.3, -0.25) is 9.48 Å². The van der Waals surface area contributed by atoms with Gasteiger partial charge in [0, 0.05) is 19.3 Å². The second-order valence-corrected chi connectivity index (χ2v) is 1.47. The minimum Gasteiger partial charge on any atom is -0.288 e. The average molecular weight is 111 g/mol. The first-order chi connectivity index (χ1) is 4.20. The molecule has 0 aromatic carbocycles. The summed E-state index contributed by atoms with van der Waals surface area (Å²) >= 11 is 0. The van der Waals surface area contributed by atoms with Gasteiger partial charge in [0.25, 0.3) is 0 Å². The molecule has 1 aromatic heterocycles. The van der Waals surface area contributed by atoms with Gasteiger partial charge in [-0.1, -0.05) is 0 Å². The maximum absolute atomic E-state index is 10.5. The van der Waals surface area contributed by atoms with Crippen molar-refractivity contribution in [3.63, 3.8) is 0 Å². The van der Waals surface area contributed by atoms with Crippen molar-refractivity contribution in [1.29, 1.82) is 0 Å². The van der Waals surface area contributed by atoms with E-state index in [1.807, 2.05) is 0 Å². The summed E-state index contributed by atoms with van der Waals surface area (Å²) < 4.78 is 8.34. The van der Waals surface area contributed by atoms with Crippen LogP contribution >= 0.6 is 0 Å². The second-order valence-electron chi connectivity index (χ2n) is 1.47. The third-order valence-electron chi connectivity index (χ3n) is 0.760. The monoisotopic (exact) mass is 111 g/mol. The van der Waals surface area contributed by atoms with Crippen molar-refractivity contribution >= 4 is 0 Å². The van der Waals surface area contributed by atoms with E-state index in [0.29, 0.717) is 0 Å². The van der Waals surface area contributed by atoms with E-state index < -0.39 is 0 Å². The van der Waals surface area contributed by atoms with Crippen LogP contribution in [-0.2, 0) is 7.05 Å². The minimum atomic E-state index is -0.340. The van der Waals surface area contributed by atoms with Gasteiger partial charge in [-0.05, 0) is 0 Å². The average Bonchev–Trinajstić information content (AvgIpc) is 1.80. The van der Waals surface area contributed by atoms with Crippen LogP contribution in [0.2, 0.25) is 0 Å². The highest BCUT2D eigenvalue weighted by molar-refractivity contribution is 4.84. The number of hydrogen-bond acceptors (Lipinski definition) is 2. The zero-order valence-electron chi connectivity index (χ0n) is 5.46. The Morgan fingerprint density at radius 3 is 3.25 bits per heavy atom. The van der Waals surface area contributed by atoms with Crippen LogP contribution in [0.4, 0.5) is 0 Å². The molecular formula is C5H6N2O. The van der Waals surface area contributed by atoms with E-state index in [4.69, 9.17) is 1.37 Å². The smallest absolute Gasteiger partial charge is 0.200 e. The molecular weight excluding hydrogens is 104 g/mol. The number of aryl methyl sites for hydroxylation is 1. The fourth-order valence-electron chi connectivity index (χ4n) is 0.374. The van der Waals surface area contributed by atoms with Gasteiger partial charge in [-0.25, -0.2) is 0 Å². The first-order valence-electron chi connectivity index (χ1n) is 2.71. The Bertz CT molecular complexity index is 268. The first-order valence-corrected chi connectivity index (χ1v) is 2.21. The zero-order valence-corrected chi connectivity index (χ0v) is 4.46. The summed E-state index contributed by atoms with van der Waals surface area (Å²) in [6.07, 6.45) is 1.31. The molecule has 0 amide bonds. The Kier molecular flexibility index (Phi) is 0.850. The van der Waals surface area contributed by atoms with Gasteiger partial charge >= 0.3 is 0 Å². The molecule has 1 heterocycles. The van der Waals surface area contributed by atoms with Gasteiger partial charge in [-0.2, -0.15) is 5.10 Å². The maximum Gasteiger partial charge on any atom is 0.200 e. The quantitative estimate of drug-likeness (QED) is 0.464. The molecule has 0 radical (unpaired) electrons. The Balaban J connectivity index is 3.34. The van der Waals surface area contributed by atoms with Crippen molar-refractivity contribution in [1.82, 2.24) is 9.78 Å². The van der Waals surface area contributed by atoms with Gasteiger partial charge in [-0.15, -0.1) is 0 Å². The van der Waals surface area contributed by atoms with E-state index in [1.165, 1.54) is 16.9 Å². The fourth-order valence-corrected chi connectivity index (χ4v) is 0.374. The van der Waals surface area contributed by atoms with Gasteiger partial charge in [0.2, 0.25) is 0 Å². The normalized spacial score (nSPS) is 10.9. The van der Waals surface area contributed by atoms with Crippen molar-refractivity contribution in [3.05, 3.63) is 28.7 Å². The van der Waals surface area contributed by atoms with Crippen LogP contribution < -0.4 is 5.43 Å². The van der Waals surface area contributed by atoms with E-state index in [1.54, 1.807) is 7.05 Å². The molecule has 8 heavy (non-hydrogen) atoms. The Morgan fingerprint density at radius 1 is 2.00 bits per heavy atom. The van der Waals surface area contributed by atoms with Crippen molar-refractivity contribution < 1.29 is 1.37 Å². The molecule has 0 spiro atoms. The third-order valence-corrected chi connectivity index (χ3v) is 0.760. The molecule has 0 aliphatic heterocycles. The van der Waals surface area contributed by atoms with Crippen molar-refractivity contribution in [2.75, 3.05) is 0 Å². The predicted octanol–water partition coefficient (Wildman–Crippen LogP) is -0.220. The predicted molar refractivity (Wildman–Crippen MR) is 29.5 cm³/mol. The maximum atomic E-state index is 10.5. The SMILES string of the molecule is [2H]c1nn(C)ccc1=O. The molecule has 0 fully saturated rings. The Hall–Kier alpha value is -1.12. The molecule has 0 aliphatic carbocycles. The highest BCUT2D eigenvalue weighted by Crippen LogP contribution is 1.66. The molecule has 3 heteroatoms.